The van der Waals surface area contributed by atoms with Gasteiger partial charge in [-0.2, -0.15) is 4.98 Å². The van der Waals surface area contributed by atoms with Crippen molar-refractivity contribution in [2.75, 3.05) is 10.6 Å². The molecule has 10 heteroatoms. The number of hydrogen-bond donors (Lipinski definition) is 2. The van der Waals surface area contributed by atoms with Gasteiger partial charge in [-0.25, -0.2) is 4.68 Å². The number of fused-ring (bicyclic) bond motifs is 1. The Balaban J connectivity index is 1.59. The Kier molecular flexibility index (Phi) is 5.53. The van der Waals surface area contributed by atoms with Crippen LogP contribution in [-0.4, -0.2) is 30.6 Å². The van der Waals surface area contributed by atoms with Crippen molar-refractivity contribution in [2.24, 2.45) is 0 Å². The highest BCUT2D eigenvalue weighted by atomic mass is 35.5. The third-order valence-electron chi connectivity index (χ3n) is 5.22. The molecule has 0 fully saturated rings. The molecule has 1 unspecified atom stereocenters. The van der Waals surface area contributed by atoms with Crippen molar-refractivity contribution in [1.82, 2.24) is 24.7 Å². The first kappa shape index (κ1) is 21.1. The molecule has 0 saturated carbocycles. The van der Waals surface area contributed by atoms with E-state index in [4.69, 9.17) is 28.3 Å². The van der Waals surface area contributed by atoms with Crippen LogP contribution >= 0.6 is 23.2 Å². The molecule has 3 aromatic heterocycles. The van der Waals surface area contributed by atoms with Gasteiger partial charge in [0.1, 0.15) is 6.04 Å². The fourth-order valence-corrected chi connectivity index (χ4v) is 3.99. The lowest BCUT2D eigenvalue weighted by Gasteiger charge is -2.28. The maximum atomic E-state index is 13.4. The zero-order valence-corrected chi connectivity index (χ0v) is 18.8. The number of pyridine rings is 2. The van der Waals surface area contributed by atoms with Gasteiger partial charge in [0.05, 0.1) is 27.5 Å². The van der Waals surface area contributed by atoms with Gasteiger partial charge in [0.25, 0.3) is 5.91 Å². The second-order valence-corrected chi connectivity index (χ2v) is 8.19. The van der Waals surface area contributed by atoms with E-state index < -0.39 is 6.04 Å². The van der Waals surface area contributed by atoms with Gasteiger partial charge in [-0.1, -0.05) is 23.2 Å². The van der Waals surface area contributed by atoms with Crippen LogP contribution in [0.5, 0.6) is 0 Å². The average Bonchev–Trinajstić information content (AvgIpc) is 3.24. The predicted molar refractivity (Wildman–Crippen MR) is 127 cm³/mol. The molecular formula is C23H17Cl2N7O. The average molecular weight is 478 g/mol. The van der Waals surface area contributed by atoms with Crippen molar-refractivity contribution in [1.29, 1.82) is 0 Å². The SMILES string of the molecule is CC1=C(C(=O)Nc2cccnc2)C(c2ccncc2)n2nc(-c3ccc(Cl)c(Cl)c3)nc2N1. The zero-order valence-electron chi connectivity index (χ0n) is 17.3. The molecule has 5 rings (SSSR count). The van der Waals surface area contributed by atoms with E-state index in [0.717, 1.165) is 5.56 Å². The first-order valence-corrected chi connectivity index (χ1v) is 10.8. The lowest BCUT2D eigenvalue weighted by atomic mass is 9.96. The number of benzene rings is 1. The van der Waals surface area contributed by atoms with Gasteiger partial charge in [-0.15, -0.1) is 5.10 Å². The largest absolute Gasteiger partial charge is 0.328 e. The van der Waals surface area contributed by atoms with Gasteiger partial charge >= 0.3 is 0 Å². The Bertz CT molecular complexity index is 1370. The number of allylic oxidation sites excluding steroid dienone is 1. The number of carbonyl (C=O) groups is 1. The zero-order chi connectivity index (χ0) is 22.9. The Morgan fingerprint density at radius 2 is 1.88 bits per heavy atom. The lowest BCUT2D eigenvalue weighted by molar-refractivity contribution is -0.113. The topological polar surface area (TPSA) is 97.6 Å². The first-order valence-electron chi connectivity index (χ1n) is 10.0. The Morgan fingerprint density at radius 1 is 1.06 bits per heavy atom. The van der Waals surface area contributed by atoms with E-state index in [1.807, 2.05) is 19.1 Å². The first-order chi connectivity index (χ1) is 16.0. The molecule has 0 bridgehead atoms. The summed E-state index contributed by atoms with van der Waals surface area (Å²) >= 11 is 12.3. The van der Waals surface area contributed by atoms with Crippen LogP contribution in [0.2, 0.25) is 10.0 Å². The Hall–Kier alpha value is -3.75. The van der Waals surface area contributed by atoms with Gasteiger partial charge in [0.2, 0.25) is 5.95 Å². The van der Waals surface area contributed by atoms with Gasteiger partial charge in [-0.05, 0) is 55.0 Å². The minimum Gasteiger partial charge on any atom is -0.328 e. The third-order valence-corrected chi connectivity index (χ3v) is 5.96. The summed E-state index contributed by atoms with van der Waals surface area (Å²) in [6.07, 6.45) is 6.60. The van der Waals surface area contributed by atoms with Crippen molar-refractivity contribution in [3.63, 3.8) is 0 Å². The molecule has 0 spiro atoms. The van der Waals surface area contributed by atoms with Crippen molar-refractivity contribution < 1.29 is 4.79 Å². The number of rotatable bonds is 4. The van der Waals surface area contributed by atoms with E-state index in [1.165, 1.54) is 0 Å². The van der Waals surface area contributed by atoms with Crippen molar-refractivity contribution >= 4 is 40.7 Å². The number of amides is 1. The maximum Gasteiger partial charge on any atom is 0.255 e. The van der Waals surface area contributed by atoms with Crippen molar-refractivity contribution in [3.05, 3.63) is 94.1 Å². The molecule has 1 aliphatic heterocycles. The Morgan fingerprint density at radius 3 is 2.61 bits per heavy atom. The fourth-order valence-electron chi connectivity index (χ4n) is 3.69. The minimum absolute atomic E-state index is 0.271. The number of carbonyl (C=O) groups excluding carboxylic acids is 1. The summed E-state index contributed by atoms with van der Waals surface area (Å²) < 4.78 is 1.69. The van der Waals surface area contributed by atoms with E-state index in [-0.39, 0.29) is 5.91 Å². The summed E-state index contributed by atoms with van der Waals surface area (Å²) in [6.45, 7) is 1.84. The van der Waals surface area contributed by atoms with Crippen LogP contribution in [0.4, 0.5) is 11.6 Å². The summed E-state index contributed by atoms with van der Waals surface area (Å²) in [5.41, 5.74) is 3.31. The normalized spacial score (nSPS) is 15.1. The molecule has 1 atom stereocenters. The van der Waals surface area contributed by atoms with E-state index in [1.54, 1.807) is 59.8 Å². The van der Waals surface area contributed by atoms with Crippen molar-refractivity contribution in [2.45, 2.75) is 13.0 Å². The lowest BCUT2D eigenvalue weighted by Crippen LogP contribution is -2.31. The standard InChI is InChI=1S/C23H17Cl2N7O/c1-13-19(22(33)29-16-3-2-8-27-12-16)20(14-6-9-26-10-7-14)32-23(28-13)30-21(31-32)15-4-5-17(24)18(25)11-15/h2-12,20H,1H3,(H,29,33)(H,28,30,31). The molecular weight excluding hydrogens is 461 g/mol. The van der Waals surface area contributed by atoms with Crippen LogP contribution in [-0.2, 0) is 4.79 Å². The second-order valence-electron chi connectivity index (χ2n) is 7.38. The highest BCUT2D eigenvalue weighted by molar-refractivity contribution is 6.42. The molecule has 33 heavy (non-hydrogen) atoms. The van der Waals surface area contributed by atoms with E-state index in [9.17, 15) is 4.79 Å². The molecule has 0 radical (unpaired) electrons. The van der Waals surface area contributed by atoms with Gasteiger partial charge in [-0.3, -0.25) is 14.8 Å². The van der Waals surface area contributed by atoms with Crippen LogP contribution in [0.15, 0.2) is 78.5 Å². The van der Waals surface area contributed by atoms with E-state index in [0.29, 0.717) is 44.3 Å². The molecule has 1 aliphatic rings. The van der Waals surface area contributed by atoms with Crippen LogP contribution in [0, 0.1) is 0 Å². The quantitative estimate of drug-likeness (QED) is 0.430. The molecule has 1 aromatic carbocycles. The van der Waals surface area contributed by atoms with Gasteiger partial charge in [0, 0.05) is 29.9 Å². The molecule has 0 saturated heterocycles. The summed E-state index contributed by atoms with van der Waals surface area (Å²) in [5.74, 6) is 0.692. The number of nitrogens with one attached hydrogen (secondary N) is 2. The monoisotopic (exact) mass is 477 g/mol. The summed E-state index contributed by atoms with van der Waals surface area (Å²) in [5, 5.41) is 11.7. The summed E-state index contributed by atoms with van der Waals surface area (Å²) in [7, 11) is 0. The van der Waals surface area contributed by atoms with Crippen LogP contribution in [0.3, 0.4) is 0 Å². The molecule has 8 nitrogen and oxygen atoms in total. The number of nitrogens with zero attached hydrogens (tertiary/aromatic N) is 5. The van der Waals surface area contributed by atoms with Crippen molar-refractivity contribution in [3.8, 4) is 11.4 Å². The molecule has 0 aliphatic carbocycles. The van der Waals surface area contributed by atoms with Crippen LogP contribution in [0.25, 0.3) is 11.4 Å². The predicted octanol–water partition coefficient (Wildman–Crippen LogP) is 4.97. The second kappa shape index (κ2) is 8.65. The number of halogens is 2. The van der Waals surface area contributed by atoms with Gasteiger partial charge < -0.3 is 10.6 Å². The van der Waals surface area contributed by atoms with E-state index >= 15 is 0 Å². The van der Waals surface area contributed by atoms with Gasteiger partial charge in [0.15, 0.2) is 5.82 Å². The van der Waals surface area contributed by atoms with E-state index in [2.05, 4.69) is 25.6 Å². The number of hydrogen-bond acceptors (Lipinski definition) is 6. The Labute approximate surface area is 199 Å². The summed E-state index contributed by atoms with van der Waals surface area (Å²) in [6, 6.07) is 11.9. The number of aromatic nitrogens is 5. The minimum atomic E-state index is -0.523. The molecule has 4 heterocycles. The maximum absolute atomic E-state index is 13.4. The molecule has 2 N–H and O–H groups in total. The molecule has 1 amide bonds. The number of anilines is 2. The van der Waals surface area contributed by atoms with Crippen LogP contribution in [0.1, 0.15) is 18.5 Å². The summed E-state index contributed by atoms with van der Waals surface area (Å²) in [4.78, 5) is 26.2. The highest BCUT2D eigenvalue weighted by Gasteiger charge is 2.34. The van der Waals surface area contributed by atoms with Crippen LogP contribution < -0.4 is 10.6 Å². The molecule has 164 valence electrons. The third kappa shape index (κ3) is 4.06. The highest BCUT2D eigenvalue weighted by Crippen LogP contribution is 2.37. The fraction of sp³-hybridized carbons (Fsp3) is 0.0870. The smallest absolute Gasteiger partial charge is 0.255 e. The molecule has 4 aromatic rings.